The number of rotatable bonds is 5. The lowest BCUT2D eigenvalue weighted by atomic mass is 10.1. The molecule has 3 aromatic rings. The van der Waals surface area contributed by atoms with E-state index in [0.29, 0.717) is 22.8 Å². The number of pyridine rings is 1. The molecule has 0 unspecified atom stereocenters. The Balaban J connectivity index is 1.62. The molecule has 6 heteroatoms. The van der Waals surface area contributed by atoms with Crippen molar-refractivity contribution in [3.05, 3.63) is 75.3 Å². The van der Waals surface area contributed by atoms with Crippen LogP contribution in [-0.4, -0.2) is 21.0 Å². The molecule has 0 aliphatic heterocycles. The summed E-state index contributed by atoms with van der Waals surface area (Å²) in [7, 11) is 0. The molecule has 0 radical (unpaired) electrons. The topological polar surface area (TPSA) is 63.5 Å². The molecule has 0 bridgehead atoms. The molecule has 1 N–H and O–H groups in total. The van der Waals surface area contributed by atoms with Crippen LogP contribution in [0.5, 0.6) is 0 Å². The molecule has 5 nitrogen and oxygen atoms in total. The zero-order valence-electron chi connectivity index (χ0n) is 15.1. The highest BCUT2D eigenvalue weighted by Gasteiger charge is 2.08. The van der Waals surface area contributed by atoms with E-state index in [9.17, 15) is 9.59 Å². The number of carbonyl (C=O) groups is 1. The first-order valence-corrected chi connectivity index (χ1v) is 9.52. The van der Waals surface area contributed by atoms with E-state index in [-0.39, 0.29) is 11.5 Å². The number of hydrogen-bond acceptors (Lipinski definition) is 4. The summed E-state index contributed by atoms with van der Waals surface area (Å²) < 4.78 is 1.52. The standard InChI is InChI=1S/C20H21N3O2S/c1-13-7-8-23-18(9-13)21-16(10-20(23)25)11-26-12-19(24)22-17-6-4-5-14(2)15(17)3/h4-10H,11-12H2,1-3H3,(H,22,24). The molecule has 2 aromatic heterocycles. The van der Waals surface area contributed by atoms with E-state index in [1.165, 1.54) is 22.2 Å². The molecule has 0 aliphatic rings. The van der Waals surface area contributed by atoms with Crippen molar-refractivity contribution >= 4 is 29.0 Å². The Kier molecular flexibility index (Phi) is 5.42. The van der Waals surface area contributed by atoms with Gasteiger partial charge in [-0.3, -0.25) is 14.0 Å². The van der Waals surface area contributed by atoms with Gasteiger partial charge in [0.25, 0.3) is 5.56 Å². The van der Waals surface area contributed by atoms with Crippen LogP contribution in [0.3, 0.4) is 0 Å². The predicted octanol–water partition coefficient (Wildman–Crippen LogP) is 3.49. The van der Waals surface area contributed by atoms with Gasteiger partial charge in [0.1, 0.15) is 5.65 Å². The maximum Gasteiger partial charge on any atom is 0.258 e. The molecule has 134 valence electrons. The lowest BCUT2D eigenvalue weighted by molar-refractivity contribution is -0.113. The van der Waals surface area contributed by atoms with Gasteiger partial charge in [-0.05, 0) is 55.7 Å². The monoisotopic (exact) mass is 367 g/mol. The smallest absolute Gasteiger partial charge is 0.258 e. The molecule has 2 heterocycles. The quantitative estimate of drug-likeness (QED) is 0.750. The van der Waals surface area contributed by atoms with Crippen molar-refractivity contribution in [3.63, 3.8) is 0 Å². The van der Waals surface area contributed by atoms with E-state index in [2.05, 4.69) is 10.3 Å². The second-order valence-corrected chi connectivity index (χ2v) is 7.29. The molecular weight excluding hydrogens is 346 g/mol. The fourth-order valence-corrected chi connectivity index (χ4v) is 3.37. The van der Waals surface area contributed by atoms with Gasteiger partial charge < -0.3 is 5.32 Å². The van der Waals surface area contributed by atoms with Crippen LogP contribution in [0, 0.1) is 20.8 Å². The van der Waals surface area contributed by atoms with Gasteiger partial charge >= 0.3 is 0 Å². The van der Waals surface area contributed by atoms with Gasteiger partial charge in [0.2, 0.25) is 5.91 Å². The fraction of sp³-hybridized carbons (Fsp3) is 0.250. The van der Waals surface area contributed by atoms with Crippen LogP contribution in [0.25, 0.3) is 5.65 Å². The van der Waals surface area contributed by atoms with Crippen molar-refractivity contribution in [1.82, 2.24) is 9.38 Å². The van der Waals surface area contributed by atoms with E-state index in [4.69, 9.17) is 0 Å². The van der Waals surface area contributed by atoms with E-state index in [1.807, 2.05) is 51.1 Å². The lowest BCUT2D eigenvalue weighted by Gasteiger charge is -2.10. The van der Waals surface area contributed by atoms with Gasteiger partial charge in [-0.1, -0.05) is 12.1 Å². The summed E-state index contributed by atoms with van der Waals surface area (Å²) in [5, 5.41) is 2.94. The minimum absolute atomic E-state index is 0.0583. The summed E-state index contributed by atoms with van der Waals surface area (Å²) in [6.07, 6.45) is 1.73. The number of anilines is 1. The van der Waals surface area contributed by atoms with Crippen molar-refractivity contribution in [2.75, 3.05) is 11.1 Å². The summed E-state index contributed by atoms with van der Waals surface area (Å²) in [6.45, 7) is 5.98. The average Bonchev–Trinajstić information content (AvgIpc) is 2.58. The van der Waals surface area contributed by atoms with Gasteiger partial charge in [-0.2, -0.15) is 0 Å². The number of amides is 1. The number of hydrogen-bond donors (Lipinski definition) is 1. The SMILES string of the molecule is Cc1ccn2c(=O)cc(CSCC(=O)Nc3cccc(C)c3C)nc2c1. The van der Waals surface area contributed by atoms with E-state index >= 15 is 0 Å². The lowest BCUT2D eigenvalue weighted by Crippen LogP contribution is -2.17. The number of carbonyl (C=O) groups excluding carboxylic acids is 1. The van der Waals surface area contributed by atoms with Gasteiger partial charge in [0.05, 0.1) is 11.4 Å². The third-order valence-corrected chi connectivity index (χ3v) is 5.20. The number of nitrogens with one attached hydrogen (secondary N) is 1. The van der Waals surface area contributed by atoms with Crippen molar-refractivity contribution in [3.8, 4) is 0 Å². The van der Waals surface area contributed by atoms with E-state index in [0.717, 1.165) is 22.4 Å². The highest BCUT2D eigenvalue weighted by molar-refractivity contribution is 7.99. The molecule has 0 saturated heterocycles. The molecule has 0 aliphatic carbocycles. The Morgan fingerprint density at radius 2 is 2.00 bits per heavy atom. The molecule has 3 rings (SSSR count). The molecule has 1 amide bonds. The van der Waals surface area contributed by atoms with Gasteiger partial charge in [0.15, 0.2) is 0 Å². The van der Waals surface area contributed by atoms with Crippen LogP contribution < -0.4 is 10.9 Å². The van der Waals surface area contributed by atoms with Crippen molar-refractivity contribution in [1.29, 1.82) is 0 Å². The van der Waals surface area contributed by atoms with E-state index in [1.54, 1.807) is 6.20 Å². The molecule has 0 saturated carbocycles. The largest absolute Gasteiger partial charge is 0.325 e. The maximum absolute atomic E-state index is 12.2. The third kappa shape index (κ3) is 4.14. The molecule has 0 atom stereocenters. The Hall–Kier alpha value is -2.60. The normalized spacial score (nSPS) is 10.9. The second-order valence-electron chi connectivity index (χ2n) is 6.31. The summed E-state index contributed by atoms with van der Waals surface area (Å²) in [4.78, 5) is 28.8. The Labute approximate surface area is 156 Å². The molecule has 1 aromatic carbocycles. The van der Waals surface area contributed by atoms with Crippen molar-refractivity contribution in [2.45, 2.75) is 26.5 Å². The molecule has 26 heavy (non-hydrogen) atoms. The first kappa shape index (κ1) is 18.2. The zero-order chi connectivity index (χ0) is 18.7. The number of benzene rings is 1. The molecular formula is C20H21N3O2S. The number of fused-ring (bicyclic) bond motifs is 1. The first-order valence-electron chi connectivity index (χ1n) is 8.37. The number of aryl methyl sites for hydroxylation is 2. The van der Waals surface area contributed by atoms with Crippen LogP contribution in [0.4, 0.5) is 5.69 Å². The van der Waals surface area contributed by atoms with Gasteiger partial charge in [-0.15, -0.1) is 11.8 Å². The van der Waals surface area contributed by atoms with Crippen LogP contribution in [0.2, 0.25) is 0 Å². The highest BCUT2D eigenvalue weighted by Crippen LogP contribution is 2.18. The number of thioether (sulfide) groups is 1. The second kappa shape index (κ2) is 7.74. The van der Waals surface area contributed by atoms with Crippen LogP contribution >= 0.6 is 11.8 Å². The molecule has 0 spiro atoms. The van der Waals surface area contributed by atoms with Crippen molar-refractivity contribution in [2.24, 2.45) is 0 Å². The summed E-state index contributed by atoms with van der Waals surface area (Å²) in [5.41, 5.74) is 5.32. The number of nitrogens with zero attached hydrogens (tertiary/aromatic N) is 2. The highest BCUT2D eigenvalue weighted by atomic mass is 32.2. The van der Waals surface area contributed by atoms with Crippen LogP contribution in [0.1, 0.15) is 22.4 Å². The number of aromatic nitrogens is 2. The minimum Gasteiger partial charge on any atom is -0.325 e. The predicted molar refractivity (Wildman–Crippen MR) is 107 cm³/mol. The van der Waals surface area contributed by atoms with Crippen LogP contribution in [0.15, 0.2) is 47.4 Å². The zero-order valence-corrected chi connectivity index (χ0v) is 15.9. The van der Waals surface area contributed by atoms with Gasteiger partial charge in [0, 0.05) is 23.7 Å². The summed E-state index contributed by atoms with van der Waals surface area (Å²) >= 11 is 1.44. The van der Waals surface area contributed by atoms with Crippen LogP contribution in [-0.2, 0) is 10.5 Å². The maximum atomic E-state index is 12.2. The minimum atomic E-state index is -0.106. The Morgan fingerprint density at radius 3 is 2.81 bits per heavy atom. The first-order chi connectivity index (χ1) is 12.4. The van der Waals surface area contributed by atoms with Gasteiger partial charge in [-0.25, -0.2) is 4.98 Å². The Morgan fingerprint density at radius 1 is 1.19 bits per heavy atom. The average molecular weight is 367 g/mol. The summed E-state index contributed by atoms with van der Waals surface area (Å²) in [5.74, 6) is 0.763. The van der Waals surface area contributed by atoms with E-state index < -0.39 is 0 Å². The Bertz CT molecular complexity index is 1030. The fourth-order valence-electron chi connectivity index (χ4n) is 2.65. The summed E-state index contributed by atoms with van der Waals surface area (Å²) in [6, 6.07) is 11.1. The third-order valence-electron chi connectivity index (χ3n) is 4.24. The molecule has 0 fully saturated rings. The van der Waals surface area contributed by atoms with Crippen molar-refractivity contribution < 1.29 is 4.79 Å².